The fourth-order valence-electron chi connectivity index (χ4n) is 8.70. The molecular formula is C39H45N7O4. The van der Waals surface area contributed by atoms with Gasteiger partial charge in [0.05, 0.1) is 6.57 Å². The molecule has 11 heteroatoms. The molecule has 1 aromatic carbocycles. The molecule has 4 atom stereocenters. The van der Waals surface area contributed by atoms with Crippen molar-refractivity contribution in [2.75, 3.05) is 0 Å². The molecule has 260 valence electrons. The highest BCUT2D eigenvalue weighted by Gasteiger charge is 2.66. The lowest BCUT2D eigenvalue weighted by molar-refractivity contribution is -0.165. The van der Waals surface area contributed by atoms with Crippen LogP contribution in [0.3, 0.4) is 0 Å². The summed E-state index contributed by atoms with van der Waals surface area (Å²) in [7, 11) is 0. The molecule has 0 bridgehead atoms. The van der Waals surface area contributed by atoms with Gasteiger partial charge in [0.1, 0.15) is 28.5 Å². The molecule has 11 nitrogen and oxygen atoms in total. The largest absolute Gasteiger partial charge is 0.474 e. The third-order valence-electron chi connectivity index (χ3n) is 11.3. The van der Waals surface area contributed by atoms with Gasteiger partial charge in [-0.3, -0.25) is 15.0 Å². The van der Waals surface area contributed by atoms with Gasteiger partial charge >= 0.3 is 5.97 Å². The molecule has 50 heavy (non-hydrogen) atoms. The van der Waals surface area contributed by atoms with Crippen LogP contribution in [-0.2, 0) is 17.6 Å². The number of fused-ring (bicyclic) bond motifs is 1. The van der Waals surface area contributed by atoms with E-state index in [4.69, 9.17) is 21.0 Å². The van der Waals surface area contributed by atoms with Gasteiger partial charge in [0.25, 0.3) is 11.6 Å². The van der Waals surface area contributed by atoms with Crippen LogP contribution in [0.2, 0.25) is 0 Å². The minimum atomic E-state index is -1.02. The highest BCUT2D eigenvalue weighted by atomic mass is 16.5. The maximum atomic E-state index is 13.2. The molecule has 3 N–H and O–H groups in total. The molecular weight excluding hydrogens is 630 g/mol. The SMILES string of the molecule is [C-]#[N+]c1c(CC2C(C)CC(C)CC2C)c2nc(CC3=CCC4(C=C3)NC(=O)C4(CC)Oc3ccc(C)cc3C)[nH]n2c1OC(=O)c1ccn[nH]1. The van der Waals surface area contributed by atoms with Crippen LogP contribution in [0.25, 0.3) is 10.5 Å². The highest BCUT2D eigenvalue weighted by molar-refractivity contribution is 5.96. The van der Waals surface area contributed by atoms with E-state index in [1.165, 1.54) is 12.3 Å². The molecule has 0 radical (unpaired) electrons. The van der Waals surface area contributed by atoms with Gasteiger partial charge < -0.3 is 14.8 Å². The maximum Gasteiger partial charge on any atom is 0.361 e. The van der Waals surface area contributed by atoms with Crippen LogP contribution in [0.1, 0.15) is 86.4 Å². The molecule has 7 rings (SSSR count). The molecule has 4 heterocycles. The third kappa shape index (κ3) is 5.51. The first-order valence-electron chi connectivity index (χ1n) is 17.7. The Labute approximate surface area is 292 Å². The number of nitrogens with zero attached hydrogens (tertiary/aromatic N) is 4. The van der Waals surface area contributed by atoms with Crippen molar-refractivity contribution in [3.63, 3.8) is 0 Å². The lowest BCUT2D eigenvalue weighted by atomic mass is 9.65. The minimum absolute atomic E-state index is 0.112. The first-order chi connectivity index (χ1) is 24.0. The van der Waals surface area contributed by atoms with E-state index in [9.17, 15) is 9.59 Å². The van der Waals surface area contributed by atoms with Crippen LogP contribution >= 0.6 is 0 Å². The second kappa shape index (κ2) is 12.7. The van der Waals surface area contributed by atoms with Crippen molar-refractivity contribution in [3.8, 4) is 11.6 Å². The predicted molar refractivity (Wildman–Crippen MR) is 189 cm³/mol. The summed E-state index contributed by atoms with van der Waals surface area (Å²) in [5, 5.41) is 13.0. The Morgan fingerprint density at radius 2 is 1.94 bits per heavy atom. The summed E-state index contributed by atoms with van der Waals surface area (Å²) in [6.45, 7) is 21.1. The number of esters is 1. The Morgan fingerprint density at radius 1 is 1.16 bits per heavy atom. The number of aromatic amines is 2. The van der Waals surface area contributed by atoms with E-state index in [0.717, 1.165) is 35.1 Å². The average molecular weight is 676 g/mol. The van der Waals surface area contributed by atoms with Crippen LogP contribution in [0.4, 0.5) is 5.69 Å². The second-order valence-corrected chi connectivity index (χ2v) is 14.8. The number of carbonyl (C=O) groups is 2. The summed E-state index contributed by atoms with van der Waals surface area (Å²) < 4.78 is 14.1. The van der Waals surface area contributed by atoms with E-state index in [2.05, 4.69) is 64.4 Å². The summed E-state index contributed by atoms with van der Waals surface area (Å²) in [4.78, 5) is 35.2. The summed E-state index contributed by atoms with van der Waals surface area (Å²) in [6.07, 6.45) is 12.2. The van der Waals surface area contributed by atoms with Crippen LogP contribution in [0.15, 0.2) is 54.3 Å². The molecule has 2 aliphatic carbocycles. The Balaban J connectivity index is 1.18. The number of aryl methyl sites for hydroxylation is 2. The lowest BCUT2D eigenvalue weighted by Gasteiger charge is -2.56. The van der Waals surface area contributed by atoms with E-state index in [1.807, 2.05) is 39.0 Å². The van der Waals surface area contributed by atoms with Gasteiger partial charge in [-0.25, -0.2) is 19.1 Å². The average Bonchev–Trinajstić information content (AvgIpc) is 3.81. The van der Waals surface area contributed by atoms with Crippen molar-refractivity contribution in [1.82, 2.24) is 30.1 Å². The molecule has 2 fully saturated rings. The van der Waals surface area contributed by atoms with Crippen molar-refractivity contribution in [2.24, 2.45) is 23.7 Å². The number of carbonyl (C=O) groups excluding carboxylic acids is 2. The zero-order valence-electron chi connectivity index (χ0n) is 29.6. The number of amides is 1. The topological polar surface area (TPSA) is 131 Å². The zero-order chi connectivity index (χ0) is 35.4. The summed E-state index contributed by atoms with van der Waals surface area (Å²) in [5.41, 5.74) is 3.39. The van der Waals surface area contributed by atoms with E-state index < -0.39 is 17.1 Å². The van der Waals surface area contributed by atoms with Crippen molar-refractivity contribution >= 4 is 23.2 Å². The van der Waals surface area contributed by atoms with Gasteiger partial charge in [0.15, 0.2) is 0 Å². The van der Waals surface area contributed by atoms with Gasteiger partial charge in [0.2, 0.25) is 11.5 Å². The van der Waals surface area contributed by atoms with E-state index >= 15 is 0 Å². The highest BCUT2D eigenvalue weighted by Crippen LogP contribution is 2.47. The Morgan fingerprint density at radius 3 is 2.56 bits per heavy atom. The van der Waals surface area contributed by atoms with Crippen LogP contribution in [0, 0.1) is 44.1 Å². The number of hydrogen-bond donors (Lipinski definition) is 3. The first kappa shape index (κ1) is 33.4. The number of ether oxygens (including phenoxy) is 2. The molecule has 1 aliphatic heterocycles. The number of allylic oxidation sites excluding steroid dienone is 2. The van der Waals surface area contributed by atoms with Crippen molar-refractivity contribution < 1.29 is 19.1 Å². The van der Waals surface area contributed by atoms with E-state index in [0.29, 0.717) is 72.3 Å². The number of aromatic nitrogens is 5. The van der Waals surface area contributed by atoms with Gasteiger partial charge in [-0.05, 0) is 92.9 Å². The Bertz CT molecular complexity index is 2050. The molecule has 1 amide bonds. The number of H-pyrrole nitrogens is 2. The fourth-order valence-corrected chi connectivity index (χ4v) is 8.70. The fraction of sp³-hybridized carbons (Fsp3) is 0.462. The van der Waals surface area contributed by atoms with Crippen LogP contribution in [0.5, 0.6) is 11.6 Å². The van der Waals surface area contributed by atoms with Crippen LogP contribution in [-0.4, -0.2) is 47.8 Å². The summed E-state index contributed by atoms with van der Waals surface area (Å²) >= 11 is 0. The zero-order valence-corrected chi connectivity index (χ0v) is 29.6. The molecule has 1 spiro atoms. The van der Waals surface area contributed by atoms with Crippen molar-refractivity contribution in [2.45, 2.75) is 91.2 Å². The van der Waals surface area contributed by atoms with Crippen LogP contribution < -0.4 is 14.8 Å². The Kier molecular flexibility index (Phi) is 8.45. The van der Waals surface area contributed by atoms with E-state index in [-0.39, 0.29) is 17.5 Å². The monoisotopic (exact) mass is 675 g/mol. The van der Waals surface area contributed by atoms with Crippen molar-refractivity contribution in [3.05, 3.63) is 93.9 Å². The molecule has 1 saturated carbocycles. The lowest BCUT2D eigenvalue weighted by Crippen LogP contribution is -2.82. The molecule has 1 saturated heterocycles. The van der Waals surface area contributed by atoms with Gasteiger partial charge in [0, 0.05) is 18.2 Å². The third-order valence-corrected chi connectivity index (χ3v) is 11.3. The number of benzene rings is 1. The predicted octanol–water partition coefficient (Wildman–Crippen LogP) is 7.16. The standard InChI is InChI=1S/C39H45N7O4/c1-8-39(50-31-10-9-22(2)17-26(31)6)37(48)43-38(39)14-11-27(12-15-38)20-32-42-34-29(21-28-24(4)18-23(3)19-25(28)5)33(40-7)35(46(34)45-32)49-36(47)30-13-16-41-44-30/h9-14,16-17,23-25,28H,8,15,18-21H2,1-6H3,(H,41,44)(H,42,45)(H,43,48). The molecule has 4 aromatic rings. The second-order valence-electron chi connectivity index (χ2n) is 14.8. The number of hydrogen-bond acceptors (Lipinski definition) is 6. The Hall–Kier alpha value is -5.11. The van der Waals surface area contributed by atoms with Gasteiger partial charge in [-0.15, -0.1) is 0 Å². The first-order valence-corrected chi connectivity index (χ1v) is 17.7. The quantitative estimate of drug-likeness (QED) is 0.0981. The molecule has 3 aromatic heterocycles. The normalized spacial score (nSPS) is 27.5. The molecule has 3 aliphatic rings. The minimum Gasteiger partial charge on any atom is -0.474 e. The van der Waals surface area contributed by atoms with Gasteiger partial charge in [-0.2, -0.15) is 5.10 Å². The number of β-lactam (4-membered cyclic amide) rings is 1. The van der Waals surface area contributed by atoms with Crippen molar-refractivity contribution in [1.29, 1.82) is 0 Å². The number of nitrogens with one attached hydrogen (secondary N) is 3. The maximum absolute atomic E-state index is 13.2. The number of rotatable bonds is 9. The summed E-state index contributed by atoms with van der Waals surface area (Å²) in [5.74, 6) is 2.79. The smallest absolute Gasteiger partial charge is 0.361 e. The summed E-state index contributed by atoms with van der Waals surface area (Å²) in [6, 6.07) is 7.55. The molecule has 4 unspecified atom stereocenters. The van der Waals surface area contributed by atoms with E-state index in [1.54, 1.807) is 4.52 Å². The van der Waals surface area contributed by atoms with Gasteiger partial charge in [-0.1, -0.05) is 63.6 Å².